The lowest BCUT2D eigenvalue weighted by molar-refractivity contribution is 0.0957. The van der Waals surface area contributed by atoms with Gasteiger partial charge in [-0.3, -0.25) is 4.79 Å². The predicted molar refractivity (Wildman–Crippen MR) is 76.6 cm³/mol. The van der Waals surface area contributed by atoms with Crippen molar-refractivity contribution < 1.29 is 9.90 Å². The summed E-state index contributed by atoms with van der Waals surface area (Å²) in [5, 5.41) is 12.7. The van der Waals surface area contributed by atoms with Crippen molar-refractivity contribution in [3.05, 3.63) is 30.1 Å². The lowest BCUT2D eigenvalue weighted by atomic mass is 10.3. The molecule has 0 saturated carbocycles. The van der Waals surface area contributed by atoms with E-state index in [4.69, 9.17) is 5.11 Å². The largest absolute Gasteiger partial charge is 0.400 e. The van der Waals surface area contributed by atoms with Gasteiger partial charge in [0.1, 0.15) is 5.69 Å². The first-order valence-electron chi connectivity index (χ1n) is 5.54. The zero-order valence-electron chi connectivity index (χ0n) is 11.3. The van der Waals surface area contributed by atoms with E-state index >= 15 is 0 Å². The number of anilines is 1. The molecule has 1 aromatic heterocycles. The number of amides is 1. The third-order valence-corrected chi connectivity index (χ3v) is 2.30. The standard InChI is InChI=1S/C12H17N3O.CH4O/c1-5-7-15-10(6-2)9(13-3)8-11(15)12(16)14-4;1-2/h5-8,13H,2H2,1,3-4H3,(H,14,16);2H,1H3/b7-5-;. The highest BCUT2D eigenvalue weighted by Crippen LogP contribution is 2.22. The highest BCUT2D eigenvalue weighted by atomic mass is 16.2. The molecule has 0 aliphatic rings. The Kier molecular flexibility index (Phi) is 7.23. The van der Waals surface area contributed by atoms with Crippen LogP contribution in [0.25, 0.3) is 12.3 Å². The second-order valence-electron chi connectivity index (χ2n) is 3.21. The topological polar surface area (TPSA) is 66.3 Å². The summed E-state index contributed by atoms with van der Waals surface area (Å²) in [6.07, 6.45) is 5.43. The fourth-order valence-electron chi connectivity index (χ4n) is 1.56. The van der Waals surface area contributed by atoms with E-state index in [-0.39, 0.29) is 5.91 Å². The second-order valence-corrected chi connectivity index (χ2v) is 3.21. The van der Waals surface area contributed by atoms with Gasteiger partial charge < -0.3 is 20.3 Å². The number of carbonyl (C=O) groups excluding carboxylic acids is 1. The van der Waals surface area contributed by atoms with Gasteiger partial charge in [-0.15, -0.1) is 0 Å². The number of carbonyl (C=O) groups is 1. The summed E-state index contributed by atoms with van der Waals surface area (Å²) < 4.78 is 1.80. The minimum Gasteiger partial charge on any atom is -0.400 e. The molecule has 1 aromatic rings. The van der Waals surface area contributed by atoms with Gasteiger partial charge in [0.2, 0.25) is 0 Å². The van der Waals surface area contributed by atoms with Gasteiger partial charge in [0.05, 0.1) is 11.4 Å². The maximum atomic E-state index is 11.7. The Balaban J connectivity index is 0.00000137. The normalized spacial score (nSPS) is 9.61. The van der Waals surface area contributed by atoms with Crippen molar-refractivity contribution in [1.29, 1.82) is 0 Å². The van der Waals surface area contributed by atoms with Crippen LogP contribution < -0.4 is 10.6 Å². The molecule has 0 radical (unpaired) electrons. The predicted octanol–water partition coefficient (Wildman–Crippen LogP) is 1.63. The molecule has 0 atom stereocenters. The molecule has 0 fully saturated rings. The zero-order valence-corrected chi connectivity index (χ0v) is 11.3. The molecule has 0 aromatic carbocycles. The third kappa shape index (κ3) is 3.24. The van der Waals surface area contributed by atoms with Gasteiger partial charge in [-0.25, -0.2) is 0 Å². The Hall–Kier alpha value is -2.01. The molecule has 0 unspecified atom stereocenters. The first-order chi connectivity index (χ1) is 8.69. The number of allylic oxidation sites excluding steroid dienone is 1. The molecule has 1 heterocycles. The monoisotopic (exact) mass is 251 g/mol. The number of nitrogens with one attached hydrogen (secondary N) is 2. The van der Waals surface area contributed by atoms with E-state index in [0.29, 0.717) is 5.69 Å². The molecule has 5 nitrogen and oxygen atoms in total. The van der Waals surface area contributed by atoms with Crippen molar-refractivity contribution in [3.8, 4) is 0 Å². The van der Waals surface area contributed by atoms with E-state index in [1.165, 1.54) is 0 Å². The maximum Gasteiger partial charge on any atom is 0.268 e. The number of rotatable bonds is 4. The van der Waals surface area contributed by atoms with E-state index < -0.39 is 0 Å². The van der Waals surface area contributed by atoms with E-state index in [9.17, 15) is 4.79 Å². The number of aliphatic hydroxyl groups is 1. The van der Waals surface area contributed by atoms with Crippen molar-refractivity contribution in [3.63, 3.8) is 0 Å². The fraction of sp³-hybridized carbons (Fsp3) is 0.308. The van der Waals surface area contributed by atoms with Gasteiger partial charge in [0, 0.05) is 27.4 Å². The minimum atomic E-state index is -0.122. The van der Waals surface area contributed by atoms with Gasteiger partial charge in [-0.05, 0) is 19.1 Å². The minimum absolute atomic E-state index is 0.122. The summed E-state index contributed by atoms with van der Waals surface area (Å²) in [6, 6.07) is 1.80. The number of aromatic nitrogens is 1. The van der Waals surface area contributed by atoms with Crippen LogP contribution in [0, 0.1) is 0 Å². The summed E-state index contributed by atoms with van der Waals surface area (Å²) in [5.41, 5.74) is 2.34. The van der Waals surface area contributed by atoms with Crippen LogP contribution in [-0.4, -0.2) is 36.8 Å². The van der Waals surface area contributed by atoms with Crippen LogP contribution in [0.15, 0.2) is 18.7 Å². The summed E-state index contributed by atoms with van der Waals surface area (Å²) >= 11 is 0. The molecule has 0 aliphatic carbocycles. The lowest BCUT2D eigenvalue weighted by Crippen LogP contribution is -2.20. The lowest BCUT2D eigenvalue weighted by Gasteiger charge is -2.05. The number of nitrogens with zero attached hydrogens (tertiary/aromatic N) is 1. The van der Waals surface area contributed by atoms with E-state index in [1.54, 1.807) is 23.8 Å². The van der Waals surface area contributed by atoms with Crippen molar-refractivity contribution in [1.82, 2.24) is 9.88 Å². The number of hydrogen-bond donors (Lipinski definition) is 3. The van der Waals surface area contributed by atoms with Crippen LogP contribution in [0.5, 0.6) is 0 Å². The molecule has 0 spiro atoms. The van der Waals surface area contributed by atoms with Crippen molar-refractivity contribution >= 4 is 23.9 Å². The van der Waals surface area contributed by atoms with Gasteiger partial charge in [0.25, 0.3) is 5.91 Å². The molecule has 3 N–H and O–H groups in total. The highest BCUT2D eigenvalue weighted by molar-refractivity contribution is 5.96. The molecule has 0 aliphatic heterocycles. The first-order valence-corrected chi connectivity index (χ1v) is 5.54. The Morgan fingerprint density at radius 1 is 1.44 bits per heavy atom. The molecular weight excluding hydrogens is 230 g/mol. The first kappa shape index (κ1) is 16.0. The average Bonchev–Trinajstić information content (AvgIpc) is 2.78. The Labute approximate surface area is 108 Å². The maximum absolute atomic E-state index is 11.7. The van der Waals surface area contributed by atoms with E-state index in [1.807, 2.05) is 26.2 Å². The van der Waals surface area contributed by atoms with Crippen LogP contribution in [-0.2, 0) is 0 Å². The second kappa shape index (κ2) is 8.14. The van der Waals surface area contributed by atoms with Crippen LogP contribution in [0.1, 0.15) is 23.1 Å². The smallest absolute Gasteiger partial charge is 0.268 e. The van der Waals surface area contributed by atoms with Crippen LogP contribution in [0.3, 0.4) is 0 Å². The third-order valence-electron chi connectivity index (χ3n) is 2.30. The molecule has 1 rings (SSSR count). The number of hydrogen-bond acceptors (Lipinski definition) is 3. The van der Waals surface area contributed by atoms with Crippen molar-refractivity contribution in [2.24, 2.45) is 0 Å². The number of aliphatic hydroxyl groups excluding tert-OH is 1. The Morgan fingerprint density at radius 2 is 2.06 bits per heavy atom. The molecule has 1 amide bonds. The van der Waals surface area contributed by atoms with Crippen LogP contribution in [0.4, 0.5) is 5.69 Å². The quantitative estimate of drug-likeness (QED) is 0.762. The summed E-state index contributed by atoms with van der Waals surface area (Å²) in [6.45, 7) is 5.66. The van der Waals surface area contributed by atoms with Gasteiger partial charge in [-0.1, -0.05) is 12.7 Å². The van der Waals surface area contributed by atoms with Crippen molar-refractivity contribution in [2.75, 3.05) is 26.5 Å². The van der Waals surface area contributed by atoms with Gasteiger partial charge in [0.15, 0.2) is 0 Å². The van der Waals surface area contributed by atoms with Crippen LogP contribution in [0.2, 0.25) is 0 Å². The molecule has 5 heteroatoms. The molecule has 100 valence electrons. The average molecular weight is 251 g/mol. The fourth-order valence-corrected chi connectivity index (χ4v) is 1.56. The summed E-state index contributed by atoms with van der Waals surface area (Å²) in [4.78, 5) is 11.7. The Morgan fingerprint density at radius 3 is 2.44 bits per heavy atom. The van der Waals surface area contributed by atoms with Crippen LogP contribution >= 0.6 is 0 Å². The molecule has 18 heavy (non-hydrogen) atoms. The van der Waals surface area contributed by atoms with E-state index in [2.05, 4.69) is 17.2 Å². The summed E-state index contributed by atoms with van der Waals surface area (Å²) in [5.74, 6) is -0.122. The SMILES string of the molecule is C=Cc1c(NC)cc(C(=O)NC)n1/C=C\C.CO. The summed E-state index contributed by atoms with van der Waals surface area (Å²) in [7, 11) is 4.43. The zero-order chi connectivity index (χ0) is 14.1. The Bertz CT molecular complexity index is 434. The van der Waals surface area contributed by atoms with E-state index in [0.717, 1.165) is 18.5 Å². The van der Waals surface area contributed by atoms with Gasteiger partial charge >= 0.3 is 0 Å². The highest BCUT2D eigenvalue weighted by Gasteiger charge is 2.15. The van der Waals surface area contributed by atoms with Crippen molar-refractivity contribution in [2.45, 2.75) is 6.92 Å². The van der Waals surface area contributed by atoms with Gasteiger partial charge in [-0.2, -0.15) is 0 Å². The molecular formula is C13H21N3O2. The molecule has 0 saturated heterocycles. The molecule has 0 bridgehead atoms.